The van der Waals surface area contributed by atoms with Gasteiger partial charge in [-0.2, -0.15) is 0 Å². The molecule has 0 saturated carbocycles. The van der Waals surface area contributed by atoms with E-state index in [-0.39, 0.29) is 6.61 Å². The van der Waals surface area contributed by atoms with Gasteiger partial charge in [0.15, 0.2) is 0 Å². The Balaban J connectivity index is 2.22. The molecule has 1 aliphatic rings. The highest BCUT2D eigenvalue weighted by Gasteiger charge is 2.22. The van der Waals surface area contributed by atoms with Gasteiger partial charge in [-0.25, -0.2) is 0 Å². The first kappa shape index (κ1) is 14.5. The highest BCUT2D eigenvalue weighted by molar-refractivity contribution is 9.11. The van der Waals surface area contributed by atoms with Gasteiger partial charge in [0.2, 0.25) is 0 Å². The summed E-state index contributed by atoms with van der Waals surface area (Å²) in [6, 6.07) is 6.63. The lowest BCUT2D eigenvalue weighted by Crippen LogP contribution is -2.45. The predicted molar refractivity (Wildman–Crippen MR) is 80.7 cm³/mol. The fraction of sp³-hybridized carbons (Fsp3) is 0.538. The zero-order valence-corrected chi connectivity index (χ0v) is 13.4. The summed E-state index contributed by atoms with van der Waals surface area (Å²) >= 11 is 7.07. The molecule has 18 heavy (non-hydrogen) atoms. The van der Waals surface area contributed by atoms with E-state index in [2.05, 4.69) is 54.2 Å². The average Bonchev–Trinajstić information content (AvgIpc) is 2.36. The van der Waals surface area contributed by atoms with Gasteiger partial charge in [0, 0.05) is 47.8 Å². The summed E-state index contributed by atoms with van der Waals surface area (Å²) in [5.74, 6) is 0. The molecule has 0 amide bonds. The van der Waals surface area contributed by atoms with Crippen molar-refractivity contribution in [3.63, 3.8) is 0 Å². The summed E-state index contributed by atoms with van der Waals surface area (Å²) in [6.45, 7) is 4.34. The molecule has 1 fully saturated rings. The van der Waals surface area contributed by atoms with Gasteiger partial charge in [-0.15, -0.1) is 0 Å². The molecule has 5 heteroatoms. The number of aliphatic hydroxyl groups excluding tert-OH is 1. The summed E-state index contributed by atoms with van der Waals surface area (Å²) in [4.78, 5) is 2.45. The third kappa shape index (κ3) is 3.78. The Bertz CT molecular complexity index is 374. The van der Waals surface area contributed by atoms with E-state index in [9.17, 15) is 5.11 Å². The smallest absolute Gasteiger partial charge is 0.0449 e. The van der Waals surface area contributed by atoms with Gasteiger partial charge in [-0.1, -0.05) is 31.9 Å². The van der Waals surface area contributed by atoms with E-state index in [1.807, 2.05) is 6.07 Å². The predicted octanol–water partition coefficient (Wildman–Crippen LogP) is 2.54. The van der Waals surface area contributed by atoms with E-state index in [1.165, 1.54) is 5.56 Å². The molecule has 0 bridgehead atoms. The molecule has 0 aliphatic carbocycles. The molecule has 100 valence electrons. The first-order valence-corrected chi connectivity index (χ1v) is 7.81. The molecule has 2 N–H and O–H groups in total. The molecule has 2 rings (SSSR count). The molecule has 0 unspecified atom stereocenters. The summed E-state index contributed by atoms with van der Waals surface area (Å²) in [7, 11) is 0. The van der Waals surface area contributed by atoms with Gasteiger partial charge in [0.1, 0.15) is 0 Å². The Morgan fingerprint density at radius 1 is 1.17 bits per heavy atom. The van der Waals surface area contributed by atoms with Crippen LogP contribution < -0.4 is 5.32 Å². The monoisotopic (exact) mass is 376 g/mol. The quantitative estimate of drug-likeness (QED) is 0.846. The van der Waals surface area contributed by atoms with Crippen LogP contribution in [0.25, 0.3) is 0 Å². The number of benzene rings is 1. The van der Waals surface area contributed by atoms with Crippen molar-refractivity contribution in [1.29, 1.82) is 0 Å². The van der Waals surface area contributed by atoms with Crippen molar-refractivity contribution in [2.24, 2.45) is 0 Å². The SMILES string of the molecule is OCC[C@@H](c1cc(Br)cc(Br)c1)N1CCNCC1. The number of piperazine rings is 1. The molecule has 1 aromatic carbocycles. The van der Waals surface area contributed by atoms with Gasteiger partial charge in [-0.3, -0.25) is 4.90 Å². The molecule has 1 aliphatic heterocycles. The van der Waals surface area contributed by atoms with Crippen LogP contribution in [0.5, 0.6) is 0 Å². The molecular weight excluding hydrogens is 360 g/mol. The minimum absolute atomic E-state index is 0.221. The summed E-state index contributed by atoms with van der Waals surface area (Å²) < 4.78 is 2.15. The fourth-order valence-corrected chi connectivity index (χ4v) is 3.77. The molecule has 0 spiro atoms. The van der Waals surface area contributed by atoms with Crippen LogP contribution in [0.15, 0.2) is 27.1 Å². The van der Waals surface area contributed by atoms with Crippen molar-refractivity contribution in [3.05, 3.63) is 32.7 Å². The fourth-order valence-electron chi connectivity index (χ4n) is 2.44. The Hall–Kier alpha value is 0.0600. The standard InChI is InChI=1S/C13H18Br2N2O/c14-11-7-10(8-12(15)9-11)13(1-6-18)17-4-2-16-3-5-17/h7-9,13,16,18H,1-6H2/t13-/m0/s1. The third-order valence-corrected chi connectivity index (χ3v) is 4.18. The maximum Gasteiger partial charge on any atom is 0.0449 e. The van der Waals surface area contributed by atoms with Gasteiger partial charge in [-0.05, 0) is 30.2 Å². The maximum absolute atomic E-state index is 9.30. The molecule has 1 aromatic rings. The lowest BCUT2D eigenvalue weighted by atomic mass is 10.0. The number of hydrogen-bond donors (Lipinski definition) is 2. The molecule has 0 radical (unpaired) electrons. The van der Waals surface area contributed by atoms with Crippen LogP contribution in [-0.4, -0.2) is 42.8 Å². The summed E-state index contributed by atoms with van der Waals surface area (Å²) in [5.41, 5.74) is 1.26. The number of rotatable bonds is 4. The second-order valence-corrected chi connectivity index (χ2v) is 6.35. The summed E-state index contributed by atoms with van der Waals surface area (Å²) in [5, 5.41) is 12.7. The average molecular weight is 378 g/mol. The van der Waals surface area contributed by atoms with Crippen LogP contribution in [0.2, 0.25) is 0 Å². The number of nitrogens with one attached hydrogen (secondary N) is 1. The molecule has 0 aromatic heterocycles. The van der Waals surface area contributed by atoms with Crippen LogP contribution in [0.1, 0.15) is 18.0 Å². The van der Waals surface area contributed by atoms with E-state index in [1.54, 1.807) is 0 Å². The van der Waals surface area contributed by atoms with E-state index < -0.39 is 0 Å². The molecule has 3 nitrogen and oxygen atoms in total. The Kier molecular flexibility index (Phi) is 5.63. The highest BCUT2D eigenvalue weighted by atomic mass is 79.9. The van der Waals surface area contributed by atoms with Crippen LogP contribution in [0, 0.1) is 0 Å². The largest absolute Gasteiger partial charge is 0.396 e. The molecule has 1 heterocycles. The second-order valence-electron chi connectivity index (χ2n) is 4.52. The minimum atomic E-state index is 0.221. The minimum Gasteiger partial charge on any atom is -0.396 e. The van der Waals surface area contributed by atoms with Gasteiger partial charge >= 0.3 is 0 Å². The second kappa shape index (κ2) is 7.01. The van der Waals surface area contributed by atoms with Crippen LogP contribution in [-0.2, 0) is 0 Å². The zero-order valence-electron chi connectivity index (χ0n) is 10.2. The van der Waals surface area contributed by atoms with Crippen molar-refractivity contribution in [1.82, 2.24) is 10.2 Å². The number of aliphatic hydroxyl groups is 1. The first-order valence-electron chi connectivity index (χ1n) is 6.22. The number of hydrogen-bond acceptors (Lipinski definition) is 3. The first-order chi connectivity index (χ1) is 8.70. The van der Waals surface area contributed by atoms with Crippen LogP contribution in [0.3, 0.4) is 0 Å². The molecule has 1 saturated heterocycles. The van der Waals surface area contributed by atoms with Crippen LogP contribution in [0.4, 0.5) is 0 Å². The van der Waals surface area contributed by atoms with Crippen molar-refractivity contribution in [2.75, 3.05) is 32.8 Å². The Morgan fingerprint density at radius 2 is 1.78 bits per heavy atom. The van der Waals surface area contributed by atoms with Gasteiger partial charge < -0.3 is 10.4 Å². The normalized spacial score (nSPS) is 18.8. The third-order valence-electron chi connectivity index (χ3n) is 3.26. The lowest BCUT2D eigenvalue weighted by Gasteiger charge is -2.35. The van der Waals surface area contributed by atoms with Gasteiger partial charge in [0.25, 0.3) is 0 Å². The van der Waals surface area contributed by atoms with Crippen molar-refractivity contribution in [2.45, 2.75) is 12.5 Å². The van der Waals surface area contributed by atoms with Crippen molar-refractivity contribution >= 4 is 31.9 Å². The maximum atomic E-state index is 9.30. The lowest BCUT2D eigenvalue weighted by molar-refractivity contribution is 0.141. The van der Waals surface area contributed by atoms with Crippen molar-refractivity contribution < 1.29 is 5.11 Å². The van der Waals surface area contributed by atoms with Crippen molar-refractivity contribution in [3.8, 4) is 0 Å². The Labute approximate surface area is 125 Å². The van der Waals surface area contributed by atoms with E-state index in [0.29, 0.717) is 6.04 Å². The van der Waals surface area contributed by atoms with Gasteiger partial charge in [0.05, 0.1) is 0 Å². The molecular formula is C13H18Br2N2O. The van der Waals surface area contributed by atoms with Crippen LogP contribution >= 0.6 is 31.9 Å². The van der Waals surface area contributed by atoms with E-state index in [0.717, 1.165) is 41.5 Å². The topological polar surface area (TPSA) is 35.5 Å². The Morgan fingerprint density at radius 3 is 2.33 bits per heavy atom. The van der Waals surface area contributed by atoms with E-state index >= 15 is 0 Å². The zero-order chi connectivity index (χ0) is 13.0. The number of nitrogens with zero attached hydrogens (tertiary/aromatic N) is 1. The summed E-state index contributed by atoms with van der Waals surface area (Å²) in [6.07, 6.45) is 0.781. The highest BCUT2D eigenvalue weighted by Crippen LogP contribution is 2.29. The molecule has 1 atom stereocenters. The van der Waals surface area contributed by atoms with E-state index in [4.69, 9.17) is 0 Å². The number of halogens is 2.